The molecule has 1 aromatic carbocycles. The summed E-state index contributed by atoms with van der Waals surface area (Å²) in [5, 5.41) is 13.0. The Morgan fingerprint density at radius 3 is 2.41 bits per heavy atom. The van der Waals surface area contributed by atoms with Crippen LogP contribution in [0.3, 0.4) is 0 Å². The fraction of sp³-hybridized carbons (Fsp3) is 0.542. The molecular weight excluding hydrogens is 362 g/mol. The number of aromatic hydroxyl groups is 1. The van der Waals surface area contributed by atoms with Gasteiger partial charge in [0.2, 0.25) is 0 Å². The highest BCUT2D eigenvalue weighted by molar-refractivity contribution is 5.93. The van der Waals surface area contributed by atoms with Gasteiger partial charge in [0.1, 0.15) is 11.4 Å². The molecule has 0 spiro atoms. The van der Waals surface area contributed by atoms with Crippen LogP contribution in [0.25, 0.3) is 0 Å². The highest BCUT2D eigenvalue weighted by Crippen LogP contribution is 2.41. The molecule has 0 saturated heterocycles. The number of nitrogens with zero attached hydrogens (tertiary/aromatic N) is 1. The maximum absolute atomic E-state index is 12.8. The van der Waals surface area contributed by atoms with Crippen LogP contribution in [-0.2, 0) is 12.0 Å². The molecule has 0 aliphatic carbocycles. The number of benzene rings is 1. The van der Waals surface area contributed by atoms with Crippen molar-refractivity contribution >= 4 is 5.91 Å². The predicted molar refractivity (Wildman–Crippen MR) is 120 cm³/mol. The van der Waals surface area contributed by atoms with Crippen molar-refractivity contribution in [3.63, 3.8) is 0 Å². The summed E-state index contributed by atoms with van der Waals surface area (Å²) in [6.45, 7) is 10.5. The van der Waals surface area contributed by atoms with E-state index in [0.29, 0.717) is 24.5 Å². The molecule has 160 valence electrons. The van der Waals surface area contributed by atoms with E-state index in [1.807, 2.05) is 23.6 Å². The lowest BCUT2D eigenvalue weighted by atomic mass is 9.71. The van der Waals surface area contributed by atoms with E-state index >= 15 is 0 Å². The van der Waals surface area contributed by atoms with Gasteiger partial charge in [-0.15, -0.1) is 0 Å². The Morgan fingerprint density at radius 2 is 1.83 bits per heavy atom. The summed E-state index contributed by atoms with van der Waals surface area (Å²) in [7, 11) is 0. The Bertz CT molecular complexity index is 806. The number of phenols is 1. The molecule has 0 fully saturated rings. The summed E-state index contributed by atoms with van der Waals surface area (Å²) in [6, 6.07) is 7.91. The smallest absolute Gasteiger partial charge is 0.267 e. The second kappa shape index (κ2) is 10.5. The van der Waals surface area contributed by atoms with Crippen molar-refractivity contribution in [3.8, 4) is 5.75 Å². The molecule has 1 amide bonds. The molecule has 0 bridgehead atoms. The Hall–Kier alpha value is -2.27. The SMILES string of the molecule is CCn1cc(C(CC)(CC)c2ccc(O)c(C)c2)cc1C(=O)NCCCCCN. The van der Waals surface area contributed by atoms with Crippen LogP contribution < -0.4 is 11.1 Å². The third-order valence-corrected chi connectivity index (χ3v) is 6.15. The summed E-state index contributed by atoms with van der Waals surface area (Å²) in [5.74, 6) is 0.296. The summed E-state index contributed by atoms with van der Waals surface area (Å²) in [5.41, 5.74) is 9.27. The van der Waals surface area contributed by atoms with Gasteiger partial charge in [0.15, 0.2) is 0 Å². The van der Waals surface area contributed by atoms with Crippen molar-refractivity contribution in [2.45, 2.75) is 71.8 Å². The van der Waals surface area contributed by atoms with Crippen molar-refractivity contribution in [2.24, 2.45) is 5.73 Å². The first kappa shape index (κ1) is 23.0. The molecule has 0 aliphatic heterocycles. The summed E-state index contributed by atoms with van der Waals surface area (Å²) in [6.07, 6.45) is 6.93. The van der Waals surface area contributed by atoms with Crippen molar-refractivity contribution in [1.82, 2.24) is 9.88 Å². The summed E-state index contributed by atoms with van der Waals surface area (Å²) in [4.78, 5) is 12.8. The molecule has 5 heteroatoms. The van der Waals surface area contributed by atoms with E-state index in [1.165, 1.54) is 5.56 Å². The Kier molecular flexibility index (Phi) is 8.32. The lowest BCUT2D eigenvalue weighted by Crippen LogP contribution is -2.27. The topological polar surface area (TPSA) is 80.3 Å². The van der Waals surface area contributed by atoms with Gasteiger partial charge >= 0.3 is 0 Å². The van der Waals surface area contributed by atoms with Gasteiger partial charge < -0.3 is 20.7 Å². The maximum atomic E-state index is 12.8. The molecule has 0 atom stereocenters. The molecule has 0 unspecified atom stereocenters. The van der Waals surface area contributed by atoms with Gasteiger partial charge in [-0.3, -0.25) is 4.79 Å². The standard InChI is InChI=1S/C24H37N3O2/c1-5-24(6-2,19-11-12-22(28)18(4)15-19)20-16-21(27(7-3)17-20)23(29)26-14-10-8-9-13-25/h11-12,15-17,28H,5-10,13-14,25H2,1-4H3,(H,26,29). The molecule has 1 aromatic heterocycles. The highest BCUT2D eigenvalue weighted by Gasteiger charge is 2.33. The number of unbranched alkanes of at least 4 members (excludes halogenated alkanes) is 2. The number of carbonyl (C=O) groups is 1. The average Bonchev–Trinajstić information content (AvgIpc) is 3.16. The predicted octanol–water partition coefficient (Wildman–Crippen LogP) is 4.49. The second-order valence-corrected chi connectivity index (χ2v) is 7.80. The summed E-state index contributed by atoms with van der Waals surface area (Å²) < 4.78 is 2.04. The van der Waals surface area contributed by atoms with Gasteiger partial charge in [0.05, 0.1) is 0 Å². The molecule has 1 heterocycles. The molecule has 0 aliphatic rings. The van der Waals surface area contributed by atoms with Crippen molar-refractivity contribution in [1.29, 1.82) is 0 Å². The van der Waals surface area contributed by atoms with Crippen LogP contribution in [-0.4, -0.2) is 28.7 Å². The summed E-state index contributed by atoms with van der Waals surface area (Å²) >= 11 is 0. The van der Waals surface area contributed by atoms with Crippen molar-refractivity contribution in [3.05, 3.63) is 52.8 Å². The van der Waals surface area contributed by atoms with Gasteiger partial charge in [-0.2, -0.15) is 0 Å². The minimum atomic E-state index is -0.185. The molecule has 4 N–H and O–H groups in total. The van der Waals surface area contributed by atoms with Crippen molar-refractivity contribution in [2.75, 3.05) is 13.1 Å². The van der Waals surface area contributed by atoms with Gasteiger partial charge in [-0.05, 0) is 74.9 Å². The molecule has 2 rings (SSSR count). The van der Waals surface area contributed by atoms with Crippen LogP contribution in [0.1, 0.15) is 80.1 Å². The number of hydrogen-bond donors (Lipinski definition) is 3. The first-order chi connectivity index (χ1) is 13.9. The lowest BCUT2D eigenvalue weighted by molar-refractivity contribution is 0.0944. The number of rotatable bonds is 11. The van der Waals surface area contributed by atoms with Gasteiger partial charge in [0, 0.05) is 24.7 Å². The number of amides is 1. The van der Waals surface area contributed by atoms with Crippen LogP contribution in [0.2, 0.25) is 0 Å². The van der Waals surface area contributed by atoms with Gasteiger partial charge in [-0.1, -0.05) is 32.4 Å². The number of phenolic OH excluding ortho intramolecular Hbond substituents is 1. The third kappa shape index (κ3) is 5.02. The Morgan fingerprint density at radius 1 is 1.10 bits per heavy atom. The van der Waals surface area contributed by atoms with E-state index in [0.717, 1.165) is 49.8 Å². The molecular formula is C24H37N3O2. The largest absolute Gasteiger partial charge is 0.508 e. The number of hydrogen-bond acceptors (Lipinski definition) is 3. The maximum Gasteiger partial charge on any atom is 0.267 e. The second-order valence-electron chi connectivity index (χ2n) is 7.80. The molecule has 0 saturated carbocycles. The van der Waals surface area contributed by atoms with Crippen LogP contribution in [0.4, 0.5) is 0 Å². The first-order valence-electron chi connectivity index (χ1n) is 10.9. The van der Waals surface area contributed by atoms with E-state index < -0.39 is 0 Å². The Balaban J connectivity index is 2.34. The zero-order valence-corrected chi connectivity index (χ0v) is 18.4. The van der Waals surface area contributed by atoms with Crippen LogP contribution in [0, 0.1) is 6.92 Å². The average molecular weight is 400 g/mol. The fourth-order valence-electron chi connectivity index (χ4n) is 4.15. The molecule has 29 heavy (non-hydrogen) atoms. The number of nitrogens with two attached hydrogens (primary N) is 1. The van der Waals surface area contributed by atoms with Crippen molar-refractivity contribution < 1.29 is 9.90 Å². The highest BCUT2D eigenvalue weighted by atomic mass is 16.3. The van der Waals surface area contributed by atoms with Crippen LogP contribution >= 0.6 is 0 Å². The lowest BCUT2D eigenvalue weighted by Gasteiger charge is -2.32. The zero-order chi connectivity index (χ0) is 21.4. The van der Waals surface area contributed by atoms with Gasteiger partial charge in [-0.25, -0.2) is 0 Å². The number of nitrogens with one attached hydrogen (secondary N) is 1. The van der Waals surface area contributed by atoms with Crippen LogP contribution in [0.5, 0.6) is 5.75 Å². The van der Waals surface area contributed by atoms with E-state index in [2.05, 4.69) is 38.4 Å². The monoisotopic (exact) mass is 399 g/mol. The molecule has 2 aromatic rings. The molecule has 5 nitrogen and oxygen atoms in total. The van der Waals surface area contributed by atoms with E-state index in [-0.39, 0.29) is 11.3 Å². The minimum absolute atomic E-state index is 0.0196. The normalized spacial score (nSPS) is 11.6. The minimum Gasteiger partial charge on any atom is -0.508 e. The van der Waals surface area contributed by atoms with E-state index in [4.69, 9.17) is 5.73 Å². The van der Waals surface area contributed by atoms with Gasteiger partial charge in [0.25, 0.3) is 5.91 Å². The quantitative estimate of drug-likeness (QED) is 0.487. The zero-order valence-electron chi connectivity index (χ0n) is 18.4. The molecule has 0 radical (unpaired) electrons. The first-order valence-corrected chi connectivity index (χ1v) is 10.9. The third-order valence-electron chi connectivity index (χ3n) is 6.15. The Labute approximate surface area is 175 Å². The number of aryl methyl sites for hydroxylation is 2. The van der Waals surface area contributed by atoms with Crippen LogP contribution in [0.15, 0.2) is 30.5 Å². The van der Waals surface area contributed by atoms with E-state index in [1.54, 1.807) is 6.07 Å². The number of carbonyl (C=O) groups excluding carboxylic acids is 1. The van der Waals surface area contributed by atoms with E-state index in [9.17, 15) is 9.90 Å². The number of aromatic nitrogens is 1. The fourth-order valence-corrected chi connectivity index (χ4v) is 4.15.